The molecule has 0 fully saturated rings. The fraction of sp³-hybridized carbons (Fsp3) is 0.333. The Labute approximate surface area is 126 Å². The number of aliphatic carboxylic acids is 1. The molecule has 1 N–H and O–H groups in total. The maximum Gasteiger partial charge on any atom is 0.311 e. The van der Waals surface area contributed by atoms with Gasteiger partial charge in [0.25, 0.3) is 0 Å². The SMILES string of the molecule is CC(C)n1ccc(CC(C(=O)O)c2ccc(Br)cc2)n1. The van der Waals surface area contributed by atoms with Crippen LogP contribution >= 0.6 is 15.9 Å². The third-order valence-electron chi connectivity index (χ3n) is 3.18. The molecule has 0 saturated carbocycles. The summed E-state index contributed by atoms with van der Waals surface area (Å²) in [5.74, 6) is -1.40. The van der Waals surface area contributed by atoms with E-state index in [0.717, 1.165) is 15.7 Å². The van der Waals surface area contributed by atoms with E-state index in [1.807, 2.05) is 55.1 Å². The van der Waals surface area contributed by atoms with Crippen LogP contribution in [0.2, 0.25) is 0 Å². The quantitative estimate of drug-likeness (QED) is 0.906. The summed E-state index contributed by atoms with van der Waals surface area (Å²) in [6.45, 7) is 4.08. The fourth-order valence-electron chi connectivity index (χ4n) is 2.03. The monoisotopic (exact) mass is 336 g/mol. The molecule has 0 amide bonds. The summed E-state index contributed by atoms with van der Waals surface area (Å²) >= 11 is 3.35. The van der Waals surface area contributed by atoms with Crippen LogP contribution in [0.4, 0.5) is 0 Å². The Balaban J connectivity index is 2.21. The number of carboxylic acids is 1. The third kappa shape index (κ3) is 3.48. The van der Waals surface area contributed by atoms with Crippen molar-refractivity contribution in [1.29, 1.82) is 0 Å². The van der Waals surface area contributed by atoms with Gasteiger partial charge >= 0.3 is 5.97 Å². The van der Waals surface area contributed by atoms with Crippen molar-refractivity contribution in [3.8, 4) is 0 Å². The molecule has 2 rings (SSSR count). The Morgan fingerprint density at radius 2 is 1.95 bits per heavy atom. The lowest BCUT2D eigenvalue weighted by Crippen LogP contribution is -2.15. The van der Waals surface area contributed by atoms with Crippen molar-refractivity contribution in [1.82, 2.24) is 9.78 Å². The van der Waals surface area contributed by atoms with Gasteiger partial charge in [-0.1, -0.05) is 28.1 Å². The number of carbonyl (C=O) groups is 1. The first-order valence-electron chi connectivity index (χ1n) is 6.49. The normalized spacial score (nSPS) is 12.6. The van der Waals surface area contributed by atoms with E-state index in [4.69, 9.17) is 0 Å². The van der Waals surface area contributed by atoms with Gasteiger partial charge in [0.15, 0.2) is 0 Å². The largest absolute Gasteiger partial charge is 0.481 e. The van der Waals surface area contributed by atoms with E-state index < -0.39 is 11.9 Å². The van der Waals surface area contributed by atoms with E-state index in [1.165, 1.54) is 0 Å². The smallest absolute Gasteiger partial charge is 0.311 e. The second-order valence-corrected chi connectivity index (χ2v) is 5.94. The van der Waals surface area contributed by atoms with Crippen molar-refractivity contribution in [2.45, 2.75) is 32.2 Å². The average Bonchev–Trinajstić information content (AvgIpc) is 2.86. The third-order valence-corrected chi connectivity index (χ3v) is 3.71. The molecule has 106 valence electrons. The molecule has 1 unspecified atom stereocenters. The first-order valence-corrected chi connectivity index (χ1v) is 7.29. The number of halogens is 1. The van der Waals surface area contributed by atoms with E-state index >= 15 is 0 Å². The van der Waals surface area contributed by atoms with Crippen molar-refractivity contribution in [2.75, 3.05) is 0 Å². The van der Waals surface area contributed by atoms with Crippen LogP contribution < -0.4 is 0 Å². The summed E-state index contributed by atoms with van der Waals surface area (Å²) in [7, 11) is 0. The molecule has 1 aromatic carbocycles. The van der Waals surface area contributed by atoms with Crippen LogP contribution in [-0.2, 0) is 11.2 Å². The molecule has 4 nitrogen and oxygen atoms in total. The van der Waals surface area contributed by atoms with Crippen molar-refractivity contribution in [3.63, 3.8) is 0 Å². The maximum atomic E-state index is 11.5. The lowest BCUT2D eigenvalue weighted by Gasteiger charge is -2.11. The first kappa shape index (κ1) is 14.8. The van der Waals surface area contributed by atoms with Gasteiger partial charge in [0.05, 0.1) is 11.6 Å². The summed E-state index contributed by atoms with van der Waals surface area (Å²) < 4.78 is 2.78. The van der Waals surface area contributed by atoms with E-state index in [-0.39, 0.29) is 6.04 Å². The van der Waals surface area contributed by atoms with Crippen LogP contribution in [0.25, 0.3) is 0 Å². The minimum absolute atomic E-state index is 0.278. The number of hydrogen-bond donors (Lipinski definition) is 1. The highest BCUT2D eigenvalue weighted by Crippen LogP contribution is 2.23. The van der Waals surface area contributed by atoms with Crippen LogP contribution in [0.15, 0.2) is 41.0 Å². The highest BCUT2D eigenvalue weighted by atomic mass is 79.9. The first-order chi connectivity index (χ1) is 9.47. The molecule has 5 heteroatoms. The highest BCUT2D eigenvalue weighted by molar-refractivity contribution is 9.10. The van der Waals surface area contributed by atoms with Crippen molar-refractivity contribution < 1.29 is 9.90 Å². The molecule has 0 aliphatic carbocycles. The number of benzene rings is 1. The van der Waals surface area contributed by atoms with Gasteiger partial charge in [-0.25, -0.2) is 0 Å². The fourth-order valence-corrected chi connectivity index (χ4v) is 2.29. The number of nitrogens with zero attached hydrogens (tertiary/aromatic N) is 2. The van der Waals surface area contributed by atoms with Crippen LogP contribution in [0.1, 0.15) is 37.1 Å². The molecular weight excluding hydrogens is 320 g/mol. The molecule has 1 atom stereocenters. The molecule has 0 spiro atoms. The van der Waals surface area contributed by atoms with Crippen LogP contribution in [0, 0.1) is 0 Å². The summed E-state index contributed by atoms with van der Waals surface area (Å²) in [6, 6.07) is 9.55. The van der Waals surface area contributed by atoms with Crippen LogP contribution in [0.3, 0.4) is 0 Å². The predicted molar refractivity (Wildman–Crippen MR) is 80.8 cm³/mol. The summed E-state index contributed by atoms with van der Waals surface area (Å²) in [6.07, 6.45) is 2.29. The standard InChI is InChI=1S/C15H17BrN2O2/c1-10(2)18-8-7-13(17-18)9-14(15(19)20)11-3-5-12(16)6-4-11/h3-8,10,14H,9H2,1-2H3,(H,19,20). The molecule has 0 bridgehead atoms. The van der Waals surface area contributed by atoms with Gasteiger partial charge in [0, 0.05) is 23.1 Å². The molecule has 1 heterocycles. The Hall–Kier alpha value is -1.62. The number of aromatic nitrogens is 2. The maximum absolute atomic E-state index is 11.5. The Bertz CT molecular complexity index is 590. The minimum atomic E-state index is -0.827. The zero-order valence-corrected chi connectivity index (χ0v) is 13.0. The van der Waals surface area contributed by atoms with E-state index in [2.05, 4.69) is 21.0 Å². The van der Waals surface area contributed by atoms with Gasteiger partial charge in [0.2, 0.25) is 0 Å². The molecule has 1 aromatic heterocycles. The van der Waals surface area contributed by atoms with Gasteiger partial charge in [0.1, 0.15) is 0 Å². The summed E-state index contributed by atoms with van der Waals surface area (Å²) in [4.78, 5) is 11.5. The lowest BCUT2D eigenvalue weighted by molar-refractivity contribution is -0.138. The number of carboxylic acid groups (broad SMARTS) is 1. The molecule has 0 aliphatic rings. The van der Waals surface area contributed by atoms with Gasteiger partial charge in [-0.2, -0.15) is 5.10 Å². The minimum Gasteiger partial charge on any atom is -0.481 e. The number of rotatable bonds is 5. The molecule has 2 aromatic rings. The Morgan fingerprint density at radius 3 is 2.45 bits per heavy atom. The molecule has 0 saturated heterocycles. The second-order valence-electron chi connectivity index (χ2n) is 5.03. The molecular formula is C15H17BrN2O2. The lowest BCUT2D eigenvalue weighted by atomic mass is 9.94. The Kier molecular flexibility index (Phi) is 4.60. The van der Waals surface area contributed by atoms with Crippen molar-refractivity contribution in [3.05, 3.63) is 52.3 Å². The predicted octanol–water partition coefficient (Wildman–Crippen LogP) is 3.64. The van der Waals surface area contributed by atoms with Gasteiger partial charge < -0.3 is 5.11 Å². The highest BCUT2D eigenvalue weighted by Gasteiger charge is 2.21. The topological polar surface area (TPSA) is 55.1 Å². The zero-order valence-electron chi connectivity index (χ0n) is 11.5. The zero-order chi connectivity index (χ0) is 14.7. The number of hydrogen-bond acceptors (Lipinski definition) is 2. The molecule has 20 heavy (non-hydrogen) atoms. The van der Waals surface area contributed by atoms with Crippen LogP contribution in [-0.4, -0.2) is 20.9 Å². The van der Waals surface area contributed by atoms with Crippen molar-refractivity contribution in [2.24, 2.45) is 0 Å². The average molecular weight is 337 g/mol. The van der Waals surface area contributed by atoms with Gasteiger partial charge in [-0.05, 0) is 37.6 Å². The second kappa shape index (κ2) is 6.22. The molecule has 0 aliphatic heterocycles. The molecule has 0 radical (unpaired) electrons. The van der Waals surface area contributed by atoms with Crippen LogP contribution in [0.5, 0.6) is 0 Å². The van der Waals surface area contributed by atoms with E-state index in [1.54, 1.807) is 0 Å². The van der Waals surface area contributed by atoms with E-state index in [0.29, 0.717) is 6.42 Å². The van der Waals surface area contributed by atoms with Crippen molar-refractivity contribution >= 4 is 21.9 Å². The van der Waals surface area contributed by atoms with E-state index in [9.17, 15) is 9.90 Å². The van der Waals surface area contributed by atoms with Gasteiger partial charge in [-0.15, -0.1) is 0 Å². The Morgan fingerprint density at radius 1 is 1.30 bits per heavy atom. The van der Waals surface area contributed by atoms with Gasteiger partial charge in [-0.3, -0.25) is 9.48 Å². The summed E-state index contributed by atoms with van der Waals surface area (Å²) in [5, 5.41) is 13.8. The summed E-state index contributed by atoms with van der Waals surface area (Å²) in [5.41, 5.74) is 1.59.